The third-order valence-electron chi connectivity index (χ3n) is 8.42. The van der Waals surface area contributed by atoms with Gasteiger partial charge in [0.15, 0.2) is 0 Å². The minimum absolute atomic E-state index is 0.526. The quantitative estimate of drug-likeness (QED) is 0.216. The minimum atomic E-state index is 0.526. The Balaban J connectivity index is 1.63. The van der Waals surface area contributed by atoms with E-state index in [2.05, 4.69) is 115 Å². The van der Waals surface area contributed by atoms with Crippen molar-refractivity contribution >= 4 is 69.8 Å². The summed E-state index contributed by atoms with van der Waals surface area (Å²) in [5, 5.41) is 8.26. The first kappa shape index (κ1) is 20.0. The topological polar surface area (TPSA) is 4.93 Å². The molecule has 2 aliphatic rings. The molecule has 0 amide bonds. The van der Waals surface area contributed by atoms with Crippen molar-refractivity contribution in [3.8, 4) is 22.3 Å². The maximum atomic E-state index is 2.60. The van der Waals surface area contributed by atoms with Crippen molar-refractivity contribution in [1.82, 2.24) is 4.57 Å². The summed E-state index contributed by atoms with van der Waals surface area (Å²) < 4.78 is 5.37. The lowest BCUT2D eigenvalue weighted by atomic mass is 9.94. The molecule has 2 heteroatoms. The summed E-state index contributed by atoms with van der Waals surface area (Å²) in [6.45, 7) is 2.32. The van der Waals surface area contributed by atoms with E-state index in [0.29, 0.717) is 5.92 Å². The maximum absolute atomic E-state index is 2.60. The smallest absolute Gasteiger partial charge is 0.0637 e. The molecule has 0 aliphatic heterocycles. The van der Waals surface area contributed by atoms with Gasteiger partial charge in [0.2, 0.25) is 0 Å². The molecule has 2 aromatic heterocycles. The van der Waals surface area contributed by atoms with Gasteiger partial charge in [-0.3, -0.25) is 0 Å². The van der Waals surface area contributed by atoms with Crippen molar-refractivity contribution in [3.05, 3.63) is 103 Å². The van der Waals surface area contributed by atoms with Crippen LogP contribution in [0, 0.1) is 5.92 Å². The predicted octanol–water partition coefficient (Wildman–Crippen LogP) is 10.4. The zero-order chi connectivity index (χ0) is 24.2. The van der Waals surface area contributed by atoms with Crippen molar-refractivity contribution in [2.24, 2.45) is 5.92 Å². The summed E-state index contributed by atoms with van der Waals surface area (Å²) in [6.07, 6.45) is 7.94. The van der Waals surface area contributed by atoms with Crippen LogP contribution in [0.4, 0.5) is 0 Å². The van der Waals surface area contributed by atoms with Crippen molar-refractivity contribution in [1.29, 1.82) is 0 Å². The second-order valence-electron chi connectivity index (χ2n) is 10.6. The molecule has 5 aromatic carbocycles. The molecule has 0 N–H and O–H groups in total. The van der Waals surface area contributed by atoms with Gasteiger partial charge in [0.1, 0.15) is 0 Å². The van der Waals surface area contributed by atoms with E-state index in [-0.39, 0.29) is 0 Å². The van der Waals surface area contributed by atoms with Gasteiger partial charge in [-0.25, -0.2) is 0 Å². The van der Waals surface area contributed by atoms with E-state index < -0.39 is 0 Å². The SMILES string of the molecule is CC1C=CC=C(n2c3ccccc3c3c4sc5ccccc5c4c4c(c32)-c2cccc3cccc-4c23)C1. The molecule has 1 nitrogen and oxygen atoms in total. The molecule has 9 rings (SSSR count). The third-order valence-corrected chi connectivity index (χ3v) is 9.61. The molecule has 0 bridgehead atoms. The predicted molar refractivity (Wildman–Crippen MR) is 161 cm³/mol. The molecule has 37 heavy (non-hydrogen) atoms. The van der Waals surface area contributed by atoms with Gasteiger partial charge >= 0.3 is 0 Å². The lowest BCUT2D eigenvalue weighted by Crippen LogP contribution is -2.04. The molecule has 0 spiro atoms. The van der Waals surface area contributed by atoms with Crippen LogP contribution in [0.3, 0.4) is 0 Å². The van der Waals surface area contributed by atoms with Gasteiger partial charge in [-0.1, -0.05) is 91.9 Å². The van der Waals surface area contributed by atoms with Gasteiger partial charge < -0.3 is 4.57 Å². The number of allylic oxidation sites excluding steroid dienone is 4. The van der Waals surface area contributed by atoms with Crippen LogP contribution in [0.25, 0.3) is 80.7 Å². The van der Waals surface area contributed by atoms with E-state index in [9.17, 15) is 0 Å². The molecule has 1 atom stereocenters. The summed E-state index contributed by atoms with van der Waals surface area (Å²) in [7, 11) is 0. The zero-order valence-corrected chi connectivity index (χ0v) is 21.3. The van der Waals surface area contributed by atoms with Crippen LogP contribution >= 0.6 is 11.3 Å². The number of hydrogen-bond donors (Lipinski definition) is 0. The van der Waals surface area contributed by atoms with E-state index in [0.717, 1.165) is 6.42 Å². The number of benzene rings is 5. The molecule has 174 valence electrons. The average Bonchev–Trinajstić information content (AvgIpc) is 3.58. The van der Waals surface area contributed by atoms with Crippen molar-refractivity contribution < 1.29 is 0 Å². The first-order valence-corrected chi connectivity index (χ1v) is 13.9. The molecule has 0 radical (unpaired) electrons. The van der Waals surface area contributed by atoms with Gasteiger partial charge in [-0.15, -0.1) is 11.3 Å². The normalized spacial score (nSPS) is 16.5. The minimum Gasteiger partial charge on any atom is -0.312 e. The van der Waals surface area contributed by atoms with E-state index in [1.165, 1.54) is 80.7 Å². The summed E-state index contributed by atoms with van der Waals surface area (Å²) in [5.41, 5.74) is 9.62. The first-order valence-electron chi connectivity index (χ1n) is 13.1. The molecule has 7 aromatic rings. The van der Waals surface area contributed by atoms with Crippen LogP contribution in [0.2, 0.25) is 0 Å². The summed E-state index contributed by atoms with van der Waals surface area (Å²) in [6, 6.07) is 31.7. The standard InChI is InChI=1S/C35H23NS/c1-20-9-6-12-22(19-20)36-27-17-4-2-13-23(27)33-34(36)31-26-16-8-11-21-10-7-15-25(29(21)26)30(31)32-24-14-3-5-18-28(24)37-35(32)33/h2-18,20H,19H2,1H3. The van der Waals surface area contributed by atoms with Crippen LogP contribution in [0.1, 0.15) is 13.3 Å². The molecular formula is C35H23NS. The number of thiophene rings is 1. The third kappa shape index (κ3) is 2.44. The largest absolute Gasteiger partial charge is 0.312 e. The highest BCUT2D eigenvalue weighted by atomic mass is 32.1. The Labute approximate surface area is 218 Å². The number of aromatic nitrogens is 1. The highest BCUT2D eigenvalue weighted by Crippen LogP contribution is 2.58. The fourth-order valence-corrected chi connectivity index (χ4v) is 8.26. The molecule has 0 saturated carbocycles. The maximum Gasteiger partial charge on any atom is 0.0637 e. The number of hydrogen-bond acceptors (Lipinski definition) is 1. The fraction of sp³-hybridized carbons (Fsp3) is 0.0857. The molecule has 2 aliphatic carbocycles. The highest BCUT2D eigenvalue weighted by molar-refractivity contribution is 7.27. The van der Waals surface area contributed by atoms with Crippen molar-refractivity contribution in [2.75, 3.05) is 0 Å². The number of nitrogens with zero attached hydrogens (tertiary/aromatic N) is 1. The Morgan fingerprint density at radius 1 is 0.730 bits per heavy atom. The Morgan fingerprint density at radius 3 is 2.32 bits per heavy atom. The number of fused-ring (bicyclic) bond motifs is 12. The van der Waals surface area contributed by atoms with Crippen LogP contribution in [0.5, 0.6) is 0 Å². The van der Waals surface area contributed by atoms with E-state index >= 15 is 0 Å². The number of para-hydroxylation sites is 1. The monoisotopic (exact) mass is 489 g/mol. The summed E-state index contributed by atoms with van der Waals surface area (Å²) in [5.74, 6) is 0.526. The Bertz CT molecular complexity index is 2180. The zero-order valence-electron chi connectivity index (χ0n) is 20.5. The average molecular weight is 490 g/mol. The van der Waals surface area contributed by atoms with Gasteiger partial charge in [0.05, 0.1) is 11.0 Å². The van der Waals surface area contributed by atoms with E-state index in [1.807, 2.05) is 11.3 Å². The first-order chi connectivity index (χ1) is 18.3. The highest BCUT2D eigenvalue weighted by Gasteiger charge is 2.32. The molecule has 0 fully saturated rings. The van der Waals surface area contributed by atoms with Crippen LogP contribution in [-0.2, 0) is 0 Å². The molecule has 0 saturated heterocycles. The van der Waals surface area contributed by atoms with E-state index in [1.54, 1.807) is 0 Å². The van der Waals surface area contributed by atoms with Crippen LogP contribution in [-0.4, -0.2) is 4.57 Å². The number of rotatable bonds is 1. The summed E-state index contributed by atoms with van der Waals surface area (Å²) >= 11 is 1.95. The van der Waals surface area contributed by atoms with Gasteiger partial charge in [-0.2, -0.15) is 0 Å². The van der Waals surface area contributed by atoms with E-state index in [4.69, 9.17) is 0 Å². The van der Waals surface area contributed by atoms with Crippen LogP contribution < -0.4 is 0 Å². The lowest BCUT2D eigenvalue weighted by Gasteiger charge is -2.19. The Morgan fingerprint density at radius 2 is 1.49 bits per heavy atom. The summed E-state index contributed by atoms with van der Waals surface area (Å²) in [4.78, 5) is 0. The molecular weight excluding hydrogens is 466 g/mol. The molecule has 1 unspecified atom stereocenters. The van der Waals surface area contributed by atoms with Gasteiger partial charge in [0, 0.05) is 47.8 Å². The Kier molecular flexibility index (Phi) is 3.78. The Hall–Kier alpha value is -4.14. The van der Waals surface area contributed by atoms with Gasteiger partial charge in [-0.05, 0) is 52.4 Å². The fourth-order valence-electron chi connectivity index (χ4n) is 7.00. The second kappa shape index (κ2) is 7.00. The van der Waals surface area contributed by atoms with Gasteiger partial charge in [0.25, 0.3) is 0 Å². The lowest BCUT2D eigenvalue weighted by molar-refractivity contribution is 0.730. The van der Waals surface area contributed by atoms with Crippen molar-refractivity contribution in [2.45, 2.75) is 13.3 Å². The second-order valence-corrected chi connectivity index (χ2v) is 11.6. The van der Waals surface area contributed by atoms with Crippen LogP contribution in [0.15, 0.2) is 103 Å². The molecule has 2 heterocycles. The van der Waals surface area contributed by atoms with Crippen molar-refractivity contribution in [3.63, 3.8) is 0 Å².